The number of amides is 2. The summed E-state index contributed by atoms with van der Waals surface area (Å²) >= 11 is 5.07. The summed E-state index contributed by atoms with van der Waals surface area (Å²) in [6.07, 6.45) is 6.05. The zero-order valence-corrected chi connectivity index (χ0v) is 23.6. The zero-order chi connectivity index (χ0) is 25.9. The first-order chi connectivity index (χ1) is 18.1. The molecule has 1 atom stereocenters. The van der Waals surface area contributed by atoms with Gasteiger partial charge >= 0.3 is 0 Å². The van der Waals surface area contributed by atoms with Crippen LogP contribution in [0, 0.1) is 0 Å². The van der Waals surface area contributed by atoms with Crippen molar-refractivity contribution in [1.29, 1.82) is 0 Å². The average molecular weight is 580 g/mol. The third kappa shape index (κ3) is 8.75. The number of carbonyl (C=O) groups is 2. The molecule has 3 aromatic rings. The summed E-state index contributed by atoms with van der Waals surface area (Å²) in [5.74, 6) is 1.02. The van der Waals surface area contributed by atoms with Crippen molar-refractivity contribution in [2.24, 2.45) is 0 Å². The third-order valence-electron chi connectivity index (χ3n) is 6.83. The molecular formula is C31H35BrN2O2S. The fraction of sp³-hybridized carbons (Fsp3) is 0.355. The number of thioether (sulfide) groups is 1. The summed E-state index contributed by atoms with van der Waals surface area (Å²) in [5.41, 5.74) is 3.25. The molecule has 0 unspecified atom stereocenters. The van der Waals surface area contributed by atoms with Gasteiger partial charge in [0.05, 0.1) is 5.75 Å². The number of rotatable bonds is 11. The molecule has 37 heavy (non-hydrogen) atoms. The van der Waals surface area contributed by atoms with E-state index in [0.29, 0.717) is 18.7 Å². The molecule has 1 aliphatic carbocycles. The second-order valence-electron chi connectivity index (χ2n) is 9.68. The van der Waals surface area contributed by atoms with Crippen molar-refractivity contribution < 1.29 is 9.59 Å². The van der Waals surface area contributed by atoms with E-state index >= 15 is 0 Å². The van der Waals surface area contributed by atoms with E-state index in [-0.39, 0.29) is 17.9 Å². The number of carbonyl (C=O) groups excluding carboxylic acids is 2. The van der Waals surface area contributed by atoms with Gasteiger partial charge in [0.15, 0.2) is 0 Å². The van der Waals surface area contributed by atoms with E-state index in [4.69, 9.17) is 0 Å². The predicted molar refractivity (Wildman–Crippen MR) is 156 cm³/mol. The molecule has 1 aliphatic rings. The monoisotopic (exact) mass is 578 g/mol. The third-order valence-corrected chi connectivity index (χ3v) is 8.34. The highest BCUT2D eigenvalue weighted by Crippen LogP contribution is 2.21. The van der Waals surface area contributed by atoms with Crippen LogP contribution < -0.4 is 5.32 Å². The van der Waals surface area contributed by atoms with Crippen LogP contribution in [0.5, 0.6) is 0 Å². The van der Waals surface area contributed by atoms with Gasteiger partial charge < -0.3 is 10.2 Å². The minimum Gasteiger partial charge on any atom is -0.352 e. The van der Waals surface area contributed by atoms with E-state index in [1.165, 1.54) is 12.0 Å². The number of benzene rings is 3. The van der Waals surface area contributed by atoms with Crippen molar-refractivity contribution in [2.75, 3.05) is 5.75 Å². The Bertz CT molecular complexity index is 1120. The molecule has 2 amide bonds. The lowest BCUT2D eigenvalue weighted by Gasteiger charge is -2.33. The lowest BCUT2D eigenvalue weighted by atomic mass is 9.94. The maximum atomic E-state index is 13.8. The van der Waals surface area contributed by atoms with E-state index in [1.807, 2.05) is 72.8 Å². The molecule has 0 radical (unpaired) electrons. The smallest absolute Gasteiger partial charge is 0.243 e. The lowest BCUT2D eigenvalue weighted by molar-refractivity contribution is -0.139. The van der Waals surface area contributed by atoms with Crippen LogP contribution in [0.15, 0.2) is 89.4 Å². The fourth-order valence-corrected chi connectivity index (χ4v) is 5.93. The first-order valence-corrected chi connectivity index (χ1v) is 15.0. The number of hydrogen-bond acceptors (Lipinski definition) is 3. The standard InChI is InChI=1S/C31H35BrN2O2S/c32-27-18-16-26(17-19-27)22-37-23-30(35)34(21-25-12-6-2-7-13-25)29(20-24-10-4-1-5-11-24)31(36)33-28-14-8-3-9-15-28/h1-2,4-7,10-13,16-19,28-29H,3,8-9,14-15,20-23H2,(H,33,36)/t29-/m1/s1. The molecule has 0 heterocycles. The van der Waals surface area contributed by atoms with Gasteiger partial charge in [-0.25, -0.2) is 0 Å². The number of nitrogens with one attached hydrogen (secondary N) is 1. The average Bonchev–Trinajstić information content (AvgIpc) is 2.93. The summed E-state index contributed by atoms with van der Waals surface area (Å²) < 4.78 is 1.04. The molecule has 3 aromatic carbocycles. The second kappa shape index (κ2) is 14.4. The van der Waals surface area contributed by atoms with Crippen LogP contribution in [-0.2, 0) is 28.3 Å². The van der Waals surface area contributed by atoms with Crippen molar-refractivity contribution in [3.63, 3.8) is 0 Å². The van der Waals surface area contributed by atoms with E-state index in [0.717, 1.165) is 47.0 Å². The second-order valence-corrected chi connectivity index (χ2v) is 11.6. The molecule has 194 valence electrons. The normalized spacial score (nSPS) is 14.6. The Kier molecular flexibility index (Phi) is 10.7. The summed E-state index contributed by atoms with van der Waals surface area (Å²) in [6, 6.07) is 27.8. The number of halogens is 1. The Morgan fingerprint density at radius 3 is 2.11 bits per heavy atom. The van der Waals surface area contributed by atoms with Crippen molar-refractivity contribution >= 4 is 39.5 Å². The van der Waals surface area contributed by atoms with Crippen molar-refractivity contribution in [3.05, 3.63) is 106 Å². The van der Waals surface area contributed by atoms with E-state index in [2.05, 4.69) is 33.4 Å². The SMILES string of the molecule is O=C(NC1CCCCC1)[C@@H](Cc1ccccc1)N(Cc1ccccc1)C(=O)CSCc1ccc(Br)cc1. The minimum atomic E-state index is -0.565. The van der Waals surface area contributed by atoms with Gasteiger partial charge in [0.1, 0.15) is 6.04 Å². The molecule has 0 aliphatic heterocycles. The highest BCUT2D eigenvalue weighted by atomic mass is 79.9. The summed E-state index contributed by atoms with van der Waals surface area (Å²) in [6.45, 7) is 0.411. The topological polar surface area (TPSA) is 49.4 Å². The largest absolute Gasteiger partial charge is 0.352 e. The summed E-state index contributed by atoms with van der Waals surface area (Å²) in [5, 5.41) is 3.30. The first-order valence-electron chi connectivity index (χ1n) is 13.1. The minimum absolute atomic E-state index is 0.00862. The number of nitrogens with zero attached hydrogens (tertiary/aromatic N) is 1. The van der Waals surface area contributed by atoms with Crippen molar-refractivity contribution in [2.45, 2.75) is 62.9 Å². The molecule has 6 heteroatoms. The molecule has 0 aromatic heterocycles. The maximum Gasteiger partial charge on any atom is 0.243 e. The van der Waals surface area contributed by atoms with Gasteiger partial charge in [0.25, 0.3) is 0 Å². The predicted octanol–water partition coefficient (Wildman–Crippen LogP) is 6.77. The molecule has 4 rings (SSSR count). The molecule has 4 nitrogen and oxygen atoms in total. The quantitative estimate of drug-likeness (QED) is 0.273. The Morgan fingerprint density at radius 2 is 1.46 bits per heavy atom. The summed E-state index contributed by atoms with van der Waals surface area (Å²) in [7, 11) is 0. The van der Waals surface area contributed by atoms with Gasteiger partial charge in [-0.1, -0.05) is 108 Å². The van der Waals surface area contributed by atoms with Gasteiger partial charge in [-0.15, -0.1) is 11.8 Å². The Labute approximate surface area is 233 Å². The summed E-state index contributed by atoms with van der Waals surface area (Å²) in [4.78, 5) is 29.3. The van der Waals surface area contributed by atoms with E-state index in [9.17, 15) is 9.59 Å². The molecule has 0 saturated heterocycles. The highest BCUT2D eigenvalue weighted by molar-refractivity contribution is 9.10. The highest BCUT2D eigenvalue weighted by Gasteiger charge is 2.31. The van der Waals surface area contributed by atoms with Crippen LogP contribution in [0.1, 0.15) is 48.8 Å². The van der Waals surface area contributed by atoms with Gasteiger partial charge in [-0.05, 0) is 41.7 Å². The first kappa shape index (κ1) is 27.5. The van der Waals surface area contributed by atoms with Gasteiger partial charge in [0.2, 0.25) is 11.8 Å². The van der Waals surface area contributed by atoms with E-state index in [1.54, 1.807) is 16.7 Å². The van der Waals surface area contributed by atoms with Crippen molar-refractivity contribution in [1.82, 2.24) is 10.2 Å². The Hall–Kier alpha value is -2.57. The molecule has 1 saturated carbocycles. The van der Waals surface area contributed by atoms with Gasteiger partial charge in [-0.2, -0.15) is 0 Å². The molecule has 1 fully saturated rings. The Balaban J connectivity index is 1.54. The van der Waals surface area contributed by atoms with Crippen molar-refractivity contribution in [3.8, 4) is 0 Å². The van der Waals surface area contributed by atoms with Crippen LogP contribution in [-0.4, -0.2) is 34.6 Å². The fourth-order valence-electron chi connectivity index (χ4n) is 4.80. The van der Waals surface area contributed by atoms with Crippen LogP contribution in [0.3, 0.4) is 0 Å². The molecule has 0 bridgehead atoms. The molecule has 1 N–H and O–H groups in total. The van der Waals surface area contributed by atoms with Gasteiger partial charge in [0, 0.05) is 29.2 Å². The van der Waals surface area contributed by atoms with Crippen LogP contribution in [0.2, 0.25) is 0 Å². The Morgan fingerprint density at radius 1 is 0.838 bits per heavy atom. The number of hydrogen-bond donors (Lipinski definition) is 1. The van der Waals surface area contributed by atoms with Gasteiger partial charge in [-0.3, -0.25) is 9.59 Å². The lowest BCUT2D eigenvalue weighted by Crippen LogP contribution is -2.53. The van der Waals surface area contributed by atoms with Crippen LogP contribution in [0.25, 0.3) is 0 Å². The van der Waals surface area contributed by atoms with Crippen LogP contribution in [0.4, 0.5) is 0 Å². The zero-order valence-electron chi connectivity index (χ0n) is 21.2. The van der Waals surface area contributed by atoms with E-state index < -0.39 is 6.04 Å². The maximum absolute atomic E-state index is 13.8. The molecular weight excluding hydrogens is 544 g/mol. The molecule has 0 spiro atoms. The van der Waals surface area contributed by atoms with Crippen LogP contribution >= 0.6 is 27.7 Å².